The van der Waals surface area contributed by atoms with Crippen LogP contribution in [0.1, 0.15) is 31.3 Å². The van der Waals surface area contributed by atoms with Gasteiger partial charge in [-0.2, -0.15) is 5.10 Å². The van der Waals surface area contributed by atoms with Crippen molar-refractivity contribution in [2.75, 3.05) is 5.32 Å². The Hall–Kier alpha value is -3.23. The van der Waals surface area contributed by atoms with Crippen LogP contribution in [0.5, 0.6) is 5.75 Å². The quantitative estimate of drug-likeness (QED) is 0.689. The summed E-state index contributed by atoms with van der Waals surface area (Å²) in [4.78, 5) is 12.3. The van der Waals surface area contributed by atoms with Crippen molar-refractivity contribution in [2.45, 2.75) is 40.0 Å². The van der Waals surface area contributed by atoms with Crippen molar-refractivity contribution in [3.05, 3.63) is 53.7 Å². The highest BCUT2D eigenvalue weighted by atomic mass is 19.1. The molecule has 0 fully saturated rings. The number of aryl methyl sites for hydroxylation is 1. The van der Waals surface area contributed by atoms with Crippen molar-refractivity contribution in [3.63, 3.8) is 0 Å². The number of nitrogens with one attached hydrogen (secondary N) is 1. The molecule has 0 saturated carbocycles. The SMILES string of the molecule is Cc1cc(NC(=O)Cn2cc(COc3ccccc3F)nn2)n(C(C)C)n1. The Bertz CT molecular complexity index is 934. The highest BCUT2D eigenvalue weighted by molar-refractivity contribution is 5.89. The third-order valence-electron chi connectivity index (χ3n) is 3.72. The van der Waals surface area contributed by atoms with Gasteiger partial charge in [0.05, 0.1) is 11.9 Å². The molecule has 0 unspecified atom stereocenters. The van der Waals surface area contributed by atoms with Gasteiger partial charge in [-0.05, 0) is 32.9 Å². The summed E-state index contributed by atoms with van der Waals surface area (Å²) in [6.45, 7) is 5.90. The maximum Gasteiger partial charge on any atom is 0.247 e. The maximum absolute atomic E-state index is 13.5. The van der Waals surface area contributed by atoms with Crippen LogP contribution in [0, 0.1) is 12.7 Å². The van der Waals surface area contributed by atoms with Crippen molar-refractivity contribution in [2.24, 2.45) is 0 Å². The van der Waals surface area contributed by atoms with E-state index < -0.39 is 5.82 Å². The molecule has 0 radical (unpaired) electrons. The number of benzene rings is 1. The summed E-state index contributed by atoms with van der Waals surface area (Å²) in [6.07, 6.45) is 1.59. The summed E-state index contributed by atoms with van der Waals surface area (Å²) in [6, 6.07) is 8.06. The smallest absolute Gasteiger partial charge is 0.247 e. The molecular formula is C18H21FN6O2. The maximum atomic E-state index is 13.5. The molecule has 3 aromatic rings. The first kappa shape index (κ1) is 18.6. The number of amides is 1. The second-order valence-corrected chi connectivity index (χ2v) is 6.38. The zero-order valence-corrected chi connectivity index (χ0v) is 15.4. The molecule has 1 amide bonds. The first-order valence-corrected chi connectivity index (χ1v) is 8.54. The minimum atomic E-state index is -0.443. The van der Waals surface area contributed by atoms with E-state index in [1.165, 1.54) is 16.8 Å². The van der Waals surface area contributed by atoms with Gasteiger partial charge in [0.25, 0.3) is 0 Å². The van der Waals surface area contributed by atoms with Crippen LogP contribution < -0.4 is 10.1 Å². The molecule has 0 aliphatic carbocycles. The van der Waals surface area contributed by atoms with Crippen LogP contribution in [0.25, 0.3) is 0 Å². The summed E-state index contributed by atoms with van der Waals surface area (Å²) in [5, 5.41) is 15.0. The molecule has 0 aliphatic rings. The predicted octanol–water partition coefficient (Wildman–Crippen LogP) is 2.72. The van der Waals surface area contributed by atoms with Crippen molar-refractivity contribution >= 4 is 11.7 Å². The third-order valence-corrected chi connectivity index (χ3v) is 3.72. The van der Waals surface area contributed by atoms with Gasteiger partial charge in [0.1, 0.15) is 24.7 Å². The Morgan fingerprint density at radius 2 is 2.11 bits per heavy atom. The lowest BCUT2D eigenvalue weighted by atomic mass is 10.3. The van der Waals surface area contributed by atoms with Gasteiger partial charge in [0, 0.05) is 12.1 Å². The fourth-order valence-electron chi connectivity index (χ4n) is 2.53. The first-order valence-electron chi connectivity index (χ1n) is 8.54. The van der Waals surface area contributed by atoms with E-state index in [0.29, 0.717) is 11.5 Å². The largest absolute Gasteiger partial charge is 0.484 e. The minimum Gasteiger partial charge on any atom is -0.484 e. The van der Waals surface area contributed by atoms with Gasteiger partial charge in [0.2, 0.25) is 5.91 Å². The Kier molecular flexibility index (Phi) is 5.49. The van der Waals surface area contributed by atoms with Crippen LogP contribution in [0.3, 0.4) is 0 Å². The molecule has 8 nitrogen and oxygen atoms in total. The van der Waals surface area contributed by atoms with Crippen molar-refractivity contribution in [1.82, 2.24) is 24.8 Å². The number of halogens is 1. The van der Waals surface area contributed by atoms with E-state index >= 15 is 0 Å². The first-order chi connectivity index (χ1) is 12.9. The number of aromatic nitrogens is 5. The monoisotopic (exact) mass is 372 g/mol. The average Bonchev–Trinajstić information content (AvgIpc) is 3.20. The molecule has 27 heavy (non-hydrogen) atoms. The molecule has 0 spiro atoms. The topological polar surface area (TPSA) is 86.9 Å². The van der Waals surface area contributed by atoms with Gasteiger partial charge in [-0.15, -0.1) is 5.10 Å². The van der Waals surface area contributed by atoms with Gasteiger partial charge >= 0.3 is 0 Å². The minimum absolute atomic E-state index is 0.00494. The zero-order valence-electron chi connectivity index (χ0n) is 15.4. The van der Waals surface area contributed by atoms with Crippen LogP contribution in [0.15, 0.2) is 36.5 Å². The second kappa shape index (κ2) is 7.98. The number of ether oxygens (including phenoxy) is 1. The number of anilines is 1. The Balaban J connectivity index is 1.57. The molecule has 1 aromatic carbocycles. The van der Waals surface area contributed by atoms with Crippen molar-refractivity contribution < 1.29 is 13.9 Å². The standard InChI is InChI=1S/C18H21FN6O2/c1-12(2)25-17(8-13(3)22-25)20-18(26)10-24-9-14(21-23-24)11-27-16-7-5-4-6-15(16)19/h4-9,12H,10-11H2,1-3H3,(H,20,26). The summed E-state index contributed by atoms with van der Waals surface area (Å²) in [5.74, 6) is 0.0856. The fraction of sp³-hybridized carbons (Fsp3) is 0.333. The van der Waals surface area contributed by atoms with Crippen molar-refractivity contribution in [3.8, 4) is 5.75 Å². The van der Waals surface area contributed by atoms with Crippen LogP contribution in [-0.2, 0) is 17.9 Å². The number of nitrogens with zero attached hydrogens (tertiary/aromatic N) is 5. The molecular weight excluding hydrogens is 351 g/mol. The molecule has 0 atom stereocenters. The molecule has 142 valence electrons. The van der Waals surface area contributed by atoms with Crippen molar-refractivity contribution in [1.29, 1.82) is 0 Å². The molecule has 0 saturated heterocycles. The summed E-state index contributed by atoms with van der Waals surface area (Å²) >= 11 is 0. The Labute approximate surface area is 155 Å². The number of hydrogen-bond acceptors (Lipinski definition) is 5. The van der Waals surface area contributed by atoms with E-state index in [2.05, 4.69) is 20.7 Å². The van der Waals surface area contributed by atoms with E-state index in [0.717, 1.165) is 5.69 Å². The lowest BCUT2D eigenvalue weighted by molar-refractivity contribution is -0.117. The Morgan fingerprint density at radius 3 is 2.85 bits per heavy atom. The van der Waals surface area contributed by atoms with Crippen LogP contribution in [0.4, 0.5) is 10.2 Å². The van der Waals surface area contributed by atoms with Gasteiger partial charge in [-0.1, -0.05) is 17.3 Å². The van der Waals surface area contributed by atoms with Gasteiger partial charge in [-0.3, -0.25) is 4.79 Å². The molecule has 2 heterocycles. The normalized spacial score (nSPS) is 11.0. The van der Waals surface area contributed by atoms with E-state index in [-0.39, 0.29) is 30.9 Å². The van der Waals surface area contributed by atoms with Gasteiger partial charge in [-0.25, -0.2) is 13.8 Å². The molecule has 1 N–H and O–H groups in total. The van der Waals surface area contributed by atoms with E-state index in [1.807, 2.05) is 26.8 Å². The molecule has 3 rings (SSSR count). The number of rotatable bonds is 7. The van der Waals surface area contributed by atoms with Crippen LogP contribution in [0.2, 0.25) is 0 Å². The third kappa shape index (κ3) is 4.69. The summed E-state index contributed by atoms with van der Waals surface area (Å²) < 4.78 is 22.1. The number of carbonyl (C=O) groups excluding carboxylic acids is 1. The number of carbonyl (C=O) groups is 1. The highest BCUT2D eigenvalue weighted by Gasteiger charge is 2.13. The summed E-state index contributed by atoms with van der Waals surface area (Å²) in [7, 11) is 0. The van der Waals surface area contributed by atoms with E-state index in [9.17, 15) is 9.18 Å². The van der Waals surface area contributed by atoms with Gasteiger partial charge in [0.15, 0.2) is 11.6 Å². The highest BCUT2D eigenvalue weighted by Crippen LogP contribution is 2.17. The van der Waals surface area contributed by atoms with Crippen LogP contribution >= 0.6 is 0 Å². The lowest BCUT2D eigenvalue weighted by Gasteiger charge is -2.11. The Morgan fingerprint density at radius 1 is 1.33 bits per heavy atom. The number of para-hydroxylation sites is 1. The fourth-order valence-corrected chi connectivity index (χ4v) is 2.53. The van der Waals surface area contributed by atoms with Crippen LogP contribution in [-0.4, -0.2) is 30.7 Å². The second-order valence-electron chi connectivity index (χ2n) is 6.38. The lowest BCUT2D eigenvalue weighted by Crippen LogP contribution is -2.21. The molecule has 2 aromatic heterocycles. The molecule has 0 bridgehead atoms. The molecule has 0 aliphatic heterocycles. The van der Waals surface area contributed by atoms with E-state index in [1.54, 1.807) is 23.0 Å². The zero-order chi connectivity index (χ0) is 19.4. The average molecular weight is 372 g/mol. The van der Waals surface area contributed by atoms with E-state index in [4.69, 9.17) is 4.74 Å². The van der Waals surface area contributed by atoms with Gasteiger partial charge < -0.3 is 10.1 Å². The summed E-state index contributed by atoms with van der Waals surface area (Å²) in [5.41, 5.74) is 1.32. The predicted molar refractivity (Wildman–Crippen MR) is 96.7 cm³/mol. The number of hydrogen-bond donors (Lipinski definition) is 1. The molecule has 9 heteroatoms.